The van der Waals surface area contributed by atoms with E-state index in [4.69, 9.17) is 18.9 Å². The Kier molecular flexibility index (Phi) is 7.88. The molecule has 0 bridgehead atoms. The molecule has 0 fully saturated rings. The summed E-state index contributed by atoms with van der Waals surface area (Å²) >= 11 is 0. The summed E-state index contributed by atoms with van der Waals surface area (Å²) in [6.45, 7) is 3.62. The van der Waals surface area contributed by atoms with Crippen LogP contribution in [0.3, 0.4) is 0 Å². The molecule has 0 radical (unpaired) electrons. The van der Waals surface area contributed by atoms with Gasteiger partial charge in [0.1, 0.15) is 5.56 Å². The van der Waals surface area contributed by atoms with Crippen molar-refractivity contribution in [2.45, 2.75) is 26.7 Å². The quantitative estimate of drug-likeness (QED) is 0.646. The molecule has 0 aliphatic carbocycles. The molecule has 2 aromatic rings. The first-order valence-corrected chi connectivity index (χ1v) is 9.37. The smallest absolute Gasteiger partial charge is 0.342 e. The van der Waals surface area contributed by atoms with Crippen LogP contribution in [0.1, 0.15) is 35.3 Å². The van der Waals surface area contributed by atoms with E-state index in [1.807, 2.05) is 32.0 Å². The topological polar surface area (TPSA) is 83.1 Å². The van der Waals surface area contributed by atoms with Crippen molar-refractivity contribution in [1.29, 1.82) is 0 Å². The Balaban J connectivity index is 2.13. The first-order valence-electron chi connectivity index (χ1n) is 9.37. The van der Waals surface area contributed by atoms with Crippen molar-refractivity contribution in [3.8, 4) is 17.2 Å². The van der Waals surface area contributed by atoms with Crippen LogP contribution in [0.15, 0.2) is 30.3 Å². The predicted octanol–water partition coefficient (Wildman–Crippen LogP) is 3.63. The number of carbonyl (C=O) groups excluding carboxylic acids is 2. The van der Waals surface area contributed by atoms with Gasteiger partial charge in [-0.1, -0.05) is 32.0 Å². The molecule has 0 aliphatic rings. The molecule has 0 atom stereocenters. The molecule has 0 heterocycles. The van der Waals surface area contributed by atoms with Gasteiger partial charge in [0.25, 0.3) is 5.91 Å². The Bertz CT molecular complexity index is 856. The van der Waals surface area contributed by atoms with E-state index in [0.717, 1.165) is 29.7 Å². The highest BCUT2D eigenvalue weighted by Gasteiger charge is 2.22. The number of anilines is 1. The fourth-order valence-electron chi connectivity index (χ4n) is 3.05. The summed E-state index contributed by atoms with van der Waals surface area (Å²) < 4.78 is 21.0. The number of hydrogen-bond acceptors (Lipinski definition) is 6. The van der Waals surface area contributed by atoms with Gasteiger partial charge in [-0.3, -0.25) is 4.79 Å². The largest absolute Gasteiger partial charge is 0.493 e. The minimum Gasteiger partial charge on any atom is -0.493 e. The second-order valence-electron chi connectivity index (χ2n) is 6.16. The number of amides is 1. The second-order valence-corrected chi connectivity index (χ2v) is 6.16. The van der Waals surface area contributed by atoms with Gasteiger partial charge in [-0.25, -0.2) is 4.79 Å². The lowest BCUT2D eigenvalue weighted by atomic mass is 10.0. The van der Waals surface area contributed by atoms with Crippen LogP contribution in [0.4, 0.5) is 5.69 Å². The molecule has 0 saturated carbocycles. The van der Waals surface area contributed by atoms with Gasteiger partial charge in [0.2, 0.25) is 5.75 Å². The summed E-state index contributed by atoms with van der Waals surface area (Å²) in [5.41, 5.74) is 2.99. The van der Waals surface area contributed by atoms with E-state index in [1.165, 1.54) is 27.4 Å². The molecule has 0 aromatic heterocycles. The summed E-state index contributed by atoms with van der Waals surface area (Å²) in [7, 11) is 4.34. The van der Waals surface area contributed by atoms with Gasteiger partial charge >= 0.3 is 5.97 Å². The molecule has 0 saturated heterocycles. The Morgan fingerprint density at radius 2 is 1.48 bits per heavy atom. The average molecular weight is 401 g/mol. The number of nitrogens with one attached hydrogen (secondary N) is 1. The van der Waals surface area contributed by atoms with Gasteiger partial charge < -0.3 is 24.3 Å². The van der Waals surface area contributed by atoms with Gasteiger partial charge in [0, 0.05) is 5.69 Å². The summed E-state index contributed by atoms with van der Waals surface area (Å²) in [6.07, 6.45) is 1.57. The molecule has 0 unspecified atom stereocenters. The van der Waals surface area contributed by atoms with Crippen molar-refractivity contribution in [3.05, 3.63) is 47.0 Å². The molecule has 7 heteroatoms. The number of esters is 1. The van der Waals surface area contributed by atoms with Crippen molar-refractivity contribution in [1.82, 2.24) is 0 Å². The summed E-state index contributed by atoms with van der Waals surface area (Å²) in [5.74, 6) is -0.229. The van der Waals surface area contributed by atoms with Crippen molar-refractivity contribution in [3.63, 3.8) is 0 Å². The molecule has 1 N–H and O–H groups in total. The molecule has 2 rings (SSSR count). The number of methoxy groups -OCH3 is 3. The maximum absolute atomic E-state index is 12.5. The number of hydrogen-bond donors (Lipinski definition) is 1. The van der Waals surface area contributed by atoms with Crippen LogP contribution in [-0.2, 0) is 22.4 Å². The first kappa shape index (κ1) is 22.1. The molecular weight excluding hydrogens is 374 g/mol. The highest BCUT2D eigenvalue weighted by atomic mass is 16.5. The van der Waals surface area contributed by atoms with Gasteiger partial charge in [-0.05, 0) is 36.1 Å². The summed E-state index contributed by atoms with van der Waals surface area (Å²) in [4.78, 5) is 24.9. The second kappa shape index (κ2) is 10.4. The van der Waals surface area contributed by atoms with Crippen LogP contribution in [-0.4, -0.2) is 39.8 Å². The van der Waals surface area contributed by atoms with E-state index >= 15 is 0 Å². The maximum Gasteiger partial charge on any atom is 0.342 e. The third-order valence-corrected chi connectivity index (χ3v) is 4.52. The van der Waals surface area contributed by atoms with Gasteiger partial charge in [0.05, 0.1) is 21.3 Å². The van der Waals surface area contributed by atoms with E-state index in [0.29, 0.717) is 5.75 Å². The van der Waals surface area contributed by atoms with E-state index in [2.05, 4.69) is 5.32 Å². The van der Waals surface area contributed by atoms with Crippen molar-refractivity contribution in [2.75, 3.05) is 33.3 Å². The number of carbonyl (C=O) groups is 2. The zero-order valence-electron chi connectivity index (χ0n) is 17.5. The van der Waals surface area contributed by atoms with Crippen LogP contribution < -0.4 is 19.5 Å². The van der Waals surface area contributed by atoms with Crippen molar-refractivity contribution < 1.29 is 28.5 Å². The number of para-hydroxylation sites is 1. The van der Waals surface area contributed by atoms with E-state index in [1.54, 1.807) is 6.07 Å². The molecule has 2 aromatic carbocycles. The molecule has 7 nitrogen and oxygen atoms in total. The molecular formula is C22H27NO6. The lowest BCUT2D eigenvalue weighted by molar-refractivity contribution is -0.119. The minimum absolute atomic E-state index is 0.140. The minimum atomic E-state index is -0.697. The van der Waals surface area contributed by atoms with Gasteiger partial charge in [-0.2, -0.15) is 0 Å². The number of ether oxygens (including phenoxy) is 4. The van der Waals surface area contributed by atoms with Crippen LogP contribution in [0.25, 0.3) is 0 Å². The molecule has 0 aliphatic heterocycles. The Hall–Kier alpha value is -3.22. The SMILES string of the molecule is CCc1cccc(CC)c1NC(=O)COC(=O)c1ccc(OC)c(OC)c1OC. The summed E-state index contributed by atoms with van der Waals surface area (Å²) in [5, 5.41) is 2.87. The fourth-order valence-corrected chi connectivity index (χ4v) is 3.05. The lowest BCUT2D eigenvalue weighted by Gasteiger charge is -2.16. The summed E-state index contributed by atoms with van der Waals surface area (Å²) in [6, 6.07) is 8.98. The van der Waals surface area contributed by atoms with Crippen LogP contribution in [0.2, 0.25) is 0 Å². The van der Waals surface area contributed by atoms with E-state index < -0.39 is 18.5 Å². The first-order chi connectivity index (χ1) is 14.0. The van der Waals surface area contributed by atoms with E-state index in [9.17, 15) is 9.59 Å². The maximum atomic E-state index is 12.5. The third-order valence-electron chi connectivity index (χ3n) is 4.52. The van der Waals surface area contributed by atoms with Crippen molar-refractivity contribution >= 4 is 17.6 Å². The van der Waals surface area contributed by atoms with Crippen LogP contribution in [0, 0.1) is 0 Å². The number of rotatable bonds is 9. The van der Waals surface area contributed by atoms with Crippen molar-refractivity contribution in [2.24, 2.45) is 0 Å². The third kappa shape index (κ3) is 4.99. The normalized spacial score (nSPS) is 10.2. The molecule has 1 amide bonds. The monoisotopic (exact) mass is 401 g/mol. The predicted molar refractivity (Wildman–Crippen MR) is 110 cm³/mol. The zero-order chi connectivity index (χ0) is 21.4. The molecule has 156 valence electrons. The van der Waals surface area contributed by atoms with Crippen LogP contribution >= 0.6 is 0 Å². The Morgan fingerprint density at radius 1 is 0.862 bits per heavy atom. The van der Waals surface area contributed by atoms with Crippen LogP contribution in [0.5, 0.6) is 17.2 Å². The molecule has 0 spiro atoms. The fraction of sp³-hybridized carbons (Fsp3) is 0.364. The Morgan fingerprint density at radius 3 is 2.00 bits per heavy atom. The highest BCUT2D eigenvalue weighted by Crippen LogP contribution is 2.39. The highest BCUT2D eigenvalue weighted by molar-refractivity contribution is 5.98. The lowest BCUT2D eigenvalue weighted by Crippen LogP contribution is -2.22. The van der Waals surface area contributed by atoms with Gasteiger partial charge in [-0.15, -0.1) is 0 Å². The molecule has 29 heavy (non-hydrogen) atoms. The standard InChI is InChI=1S/C22H27NO6/c1-6-14-9-8-10-15(7-2)19(14)23-18(24)13-29-22(25)16-11-12-17(26-3)21(28-5)20(16)27-4/h8-12H,6-7,13H2,1-5H3,(H,23,24). The van der Waals surface area contributed by atoms with E-state index in [-0.39, 0.29) is 17.1 Å². The Labute approximate surface area is 170 Å². The zero-order valence-corrected chi connectivity index (χ0v) is 17.5. The average Bonchev–Trinajstić information content (AvgIpc) is 2.76. The number of benzene rings is 2. The number of aryl methyl sites for hydroxylation is 2. The van der Waals surface area contributed by atoms with Gasteiger partial charge in [0.15, 0.2) is 18.1 Å².